The van der Waals surface area contributed by atoms with E-state index in [1.165, 1.54) is 0 Å². The molecule has 0 aromatic carbocycles. The summed E-state index contributed by atoms with van der Waals surface area (Å²) in [6, 6.07) is 0. The van der Waals surface area contributed by atoms with Crippen LogP contribution in [-0.2, 0) is 14.2 Å². The van der Waals surface area contributed by atoms with Crippen LogP contribution in [0.4, 0.5) is 0 Å². The standard InChI is InChI=1S/C13H24O4/c1-4-15-12(14)11-8-13(16-5-6-17-13)7-9(2)10(11)3/h9-12,14H,4-8H2,1-3H3. The average Bonchev–Trinajstić information content (AvgIpc) is 2.72. The summed E-state index contributed by atoms with van der Waals surface area (Å²) in [4.78, 5) is 0. The largest absolute Gasteiger partial charge is 0.368 e. The van der Waals surface area contributed by atoms with E-state index in [4.69, 9.17) is 14.2 Å². The second kappa shape index (κ2) is 5.22. The van der Waals surface area contributed by atoms with Crippen LogP contribution in [0.3, 0.4) is 0 Å². The predicted octanol–water partition coefficient (Wildman–Crippen LogP) is 1.77. The van der Waals surface area contributed by atoms with Gasteiger partial charge in [-0.05, 0) is 18.8 Å². The zero-order chi connectivity index (χ0) is 12.5. The summed E-state index contributed by atoms with van der Waals surface area (Å²) in [6.45, 7) is 8.14. The van der Waals surface area contributed by atoms with E-state index in [2.05, 4.69) is 13.8 Å². The van der Waals surface area contributed by atoms with Crippen LogP contribution in [0.25, 0.3) is 0 Å². The highest BCUT2D eigenvalue weighted by atomic mass is 16.7. The lowest BCUT2D eigenvalue weighted by Crippen LogP contribution is -2.47. The second-order valence-corrected chi connectivity index (χ2v) is 5.36. The van der Waals surface area contributed by atoms with E-state index in [1.807, 2.05) is 6.92 Å². The van der Waals surface area contributed by atoms with Gasteiger partial charge >= 0.3 is 0 Å². The molecule has 2 rings (SSSR count). The van der Waals surface area contributed by atoms with E-state index in [0.717, 1.165) is 12.8 Å². The van der Waals surface area contributed by atoms with Gasteiger partial charge in [-0.1, -0.05) is 13.8 Å². The van der Waals surface area contributed by atoms with Crippen molar-refractivity contribution < 1.29 is 19.3 Å². The molecule has 1 saturated heterocycles. The summed E-state index contributed by atoms with van der Waals surface area (Å²) in [5.74, 6) is 0.531. The summed E-state index contributed by atoms with van der Waals surface area (Å²) in [6.07, 6.45) is 0.950. The fourth-order valence-corrected chi connectivity index (χ4v) is 3.11. The molecular formula is C13H24O4. The Kier molecular flexibility index (Phi) is 4.08. The van der Waals surface area contributed by atoms with Crippen molar-refractivity contribution in [3.8, 4) is 0 Å². The smallest absolute Gasteiger partial charge is 0.169 e. The highest BCUT2D eigenvalue weighted by Gasteiger charge is 2.49. The third kappa shape index (κ3) is 2.65. The lowest BCUT2D eigenvalue weighted by molar-refractivity contribution is -0.241. The molecule has 2 fully saturated rings. The van der Waals surface area contributed by atoms with Gasteiger partial charge in [0.05, 0.1) is 13.2 Å². The van der Waals surface area contributed by atoms with E-state index in [0.29, 0.717) is 31.7 Å². The Bertz CT molecular complexity index is 250. The zero-order valence-corrected chi connectivity index (χ0v) is 11.0. The highest BCUT2D eigenvalue weighted by molar-refractivity contribution is 4.90. The van der Waals surface area contributed by atoms with Gasteiger partial charge in [-0.2, -0.15) is 0 Å². The number of ether oxygens (including phenoxy) is 3. The predicted molar refractivity (Wildman–Crippen MR) is 63.3 cm³/mol. The zero-order valence-electron chi connectivity index (χ0n) is 11.0. The van der Waals surface area contributed by atoms with E-state index in [1.54, 1.807) is 0 Å². The van der Waals surface area contributed by atoms with Gasteiger partial charge in [0.15, 0.2) is 12.1 Å². The van der Waals surface area contributed by atoms with Crippen molar-refractivity contribution in [2.45, 2.75) is 45.7 Å². The maximum absolute atomic E-state index is 10.1. The van der Waals surface area contributed by atoms with Crippen molar-refractivity contribution in [2.75, 3.05) is 19.8 Å². The Morgan fingerprint density at radius 1 is 1.29 bits per heavy atom. The van der Waals surface area contributed by atoms with Crippen LogP contribution < -0.4 is 0 Å². The second-order valence-electron chi connectivity index (χ2n) is 5.36. The summed E-state index contributed by atoms with van der Waals surface area (Å²) < 4.78 is 16.9. The minimum atomic E-state index is -0.706. The van der Waals surface area contributed by atoms with Crippen molar-refractivity contribution >= 4 is 0 Å². The molecule has 0 amide bonds. The number of hydrogen-bond donors (Lipinski definition) is 1. The minimum absolute atomic E-state index is 0.0943. The van der Waals surface area contributed by atoms with E-state index in [9.17, 15) is 5.11 Å². The number of aliphatic hydroxyl groups is 1. The van der Waals surface area contributed by atoms with Crippen molar-refractivity contribution in [3.05, 3.63) is 0 Å². The molecule has 17 heavy (non-hydrogen) atoms. The van der Waals surface area contributed by atoms with Gasteiger partial charge < -0.3 is 19.3 Å². The normalized spacial score (nSPS) is 38.5. The van der Waals surface area contributed by atoms with Crippen molar-refractivity contribution in [1.82, 2.24) is 0 Å². The van der Waals surface area contributed by atoms with E-state index in [-0.39, 0.29) is 5.92 Å². The Hall–Kier alpha value is -0.160. The van der Waals surface area contributed by atoms with Gasteiger partial charge in [-0.15, -0.1) is 0 Å². The molecule has 1 spiro atoms. The summed E-state index contributed by atoms with van der Waals surface area (Å²) in [5.41, 5.74) is 0. The molecule has 2 aliphatic rings. The van der Waals surface area contributed by atoms with Gasteiger partial charge in [-0.3, -0.25) is 0 Å². The van der Waals surface area contributed by atoms with Gasteiger partial charge in [0.25, 0.3) is 0 Å². The summed E-state index contributed by atoms with van der Waals surface area (Å²) >= 11 is 0. The molecule has 0 radical (unpaired) electrons. The lowest BCUT2D eigenvalue weighted by Gasteiger charge is -2.44. The van der Waals surface area contributed by atoms with Crippen LogP contribution in [-0.4, -0.2) is 37.0 Å². The molecule has 100 valence electrons. The van der Waals surface area contributed by atoms with Crippen LogP contribution >= 0.6 is 0 Å². The van der Waals surface area contributed by atoms with Gasteiger partial charge in [0.2, 0.25) is 0 Å². The fraction of sp³-hybridized carbons (Fsp3) is 1.00. The first kappa shape index (κ1) is 13.3. The van der Waals surface area contributed by atoms with Crippen LogP contribution in [0, 0.1) is 17.8 Å². The Morgan fingerprint density at radius 3 is 2.53 bits per heavy atom. The third-order valence-electron chi connectivity index (χ3n) is 4.27. The fourth-order valence-electron chi connectivity index (χ4n) is 3.11. The molecule has 4 unspecified atom stereocenters. The highest BCUT2D eigenvalue weighted by Crippen LogP contribution is 2.45. The van der Waals surface area contributed by atoms with Crippen LogP contribution in [0.15, 0.2) is 0 Å². The molecular weight excluding hydrogens is 220 g/mol. The molecule has 0 bridgehead atoms. The van der Waals surface area contributed by atoms with E-state index < -0.39 is 12.1 Å². The minimum Gasteiger partial charge on any atom is -0.368 e. The summed E-state index contributed by atoms with van der Waals surface area (Å²) in [7, 11) is 0. The van der Waals surface area contributed by atoms with Crippen LogP contribution in [0.1, 0.15) is 33.6 Å². The van der Waals surface area contributed by atoms with Gasteiger partial charge in [-0.25, -0.2) is 0 Å². The number of hydrogen-bond acceptors (Lipinski definition) is 4. The SMILES string of the molecule is CCOC(O)C1CC2(CC(C)C1C)OCCO2. The first-order chi connectivity index (χ1) is 8.08. The quantitative estimate of drug-likeness (QED) is 0.769. The Balaban J connectivity index is 2.07. The molecule has 1 aliphatic carbocycles. The molecule has 1 N–H and O–H groups in total. The Labute approximate surface area is 103 Å². The molecule has 0 aromatic heterocycles. The van der Waals surface area contributed by atoms with Crippen molar-refractivity contribution in [1.29, 1.82) is 0 Å². The molecule has 4 heteroatoms. The van der Waals surface area contributed by atoms with Crippen LogP contribution in [0.5, 0.6) is 0 Å². The molecule has 0 aromatic rings. The molecule has 4 atom stereocenters. The van der Waals surface area contributed by atoms with Gasteiger partial charge in [0, 0.05) is 25.4 Å². The third-order valence-corrected chi connectivity index (χ3v) is 4.27. The maximum Gasteiger partial charge on any atom is 0.169 e. The summed E-state index contributed by atoms with van der Waals surface area (Å²) in [5, 5.41) is 10.1. The molecule has 1 heterocycles. The first-order valence-electron chi connectivity index (χ1n) is 6.65. The van der Waals surface area contributed by atoms with Gasteiger partial charge in [0.1, 0.15) is 0 Å². The molecule has 1 saturated carbocycles. The number of rotatable bonds is 3. The molecule has 4 nitrogen and oxygen atoms in total. The Morgan fingerprint density at radius 2 is 1.94 bits per heavy atom. The van der Waals surface area contributed by atoms with Crippen molar-refractivity contribution in [2.24, 2.45) is 17.8 Å². The first-order valence-corrected chi connectivity index (χ1v) is 6.65. The van der Waals surface area contributed by atoms with Crippen molar-refractivity contribution in [3.63, 3.8) is 0 Å². The number of aliphatic hydroxyl groups excluding tert-OH is 1. The van der Waals surface area contributed by atoms with Crippen LogP contribution in [0.2, 0.25) is 0 Å². The lowest BCUT2D eigenvalue weighted by atomic mass is 9.70. The van der Waals surface area contributed by atoms with E-state index >= 15 is 0 Å². The molecule has 1 aliphatic heterocycles. The maximum atomic E-state index is 10.1. The monoisotopic (exact) mass is 244 g/mol. The average molecular weight is 244 g/mol. The topological polar surface area (TPSA) is 47.9 Å².